The summed E-state index contributed by atoms with van der Waals surface area (Å²) in [5.41, 5.74) is 2.20. The van der Waals surface area contributed by atoms with E-state index in [1.807, 2.05) is 24.3 Å². The number of hydrogen-bond acceptors (Lipinski definition) is 5. The summed E-state index contributed by atoms with van der Waals surface area (Å²) in [6.07, 6.45) is 2.87. The largest absolute Gasteiger partial charge is 0.462 e. The SMILES string of the molecule is CCOC(=O)c1c(NC(=O)c2ccc(SCC)cc2)sc2c1CC[C@@H](C)C2. The van der Waals surface area contributed by atoms with Crippen molar-refractivity contribution in [1.82, 2.24) is 0 Å². The highest BCUT2D eigenvalue weighted by Crippen LogP contribution is 2.40. The van der Waals surface area contributed by atoms with E-state index in [9.17, 15) is 9.59 Å². The van der Waals surface area contributed by atoms with Gasteiger partial charge in [0.2, 0.25) is 0 Å². The zero-order valence-electron chi connectivity index (χ0n) is 16.0. The van der Waals surface area contributed by atoms with Gasteiger partial charge < -0.3 is 10.1 Å². The van der Waals surface area contributed by atoms with Crippen molar-refractivity contribution in [2.75, 3.05) is 17.7 Å². The van der Waals surface area contributed by atoms with Gasteiger partial charge >= 0.3 is 5.97 Å². The smallest absolute Gasteiger partial charge is 0.341 e. The molecule has 27 heavy (non-hydrogen) atoms. The molecule has 2 aromatic rings. The number of ether oxygens (including phenoxy) is 1. The van der Waals surface area contributed by atoms with Gasteiger partial charge in [-0.3, -0.25) is 4.79 Å². The van der Waals surface area contributed by atoms with Crippen LogP contribution in [0.25, 0.3) is 0 Å². The van der Waals surface area contributed by atoms with E-state index in [0.29, 0.717) is 28.7 Å². The summed E-state index contributed by atoms with van der Waals surface area (Å²) < 4.78 is 5.26. The molecule has 1 amide bonds. The Morgan fingerprint density at radius 3 is 2.67 bits per heavy atom. The molecule has 0 spiro atoms. The maximum atomic E-state index is 12.7. The Bertz CT molecular complexity index is 827. The molecule has 3 rings (SSSR count). The average Bonchev–Trinajstić information content (AvgIpc) is 2.99. The number of carbonyl (C=O) groups is 2. The van der Waals surface area contributed by atoms with E-state index in [4.69, 9.17) is 4.74 Å². The van der Waals surface area contributed by atoms with Gasteiger partial charge in [-0.2, -0.15) is 0 Å². The molecule has 1 heterocycles. The number of hydrogen-bond donors (Lipinski definition) is 1. The van der Waals surface area contributed by atoms with Gasteiger partial charge in [-0.25, -0.2) is 4.79 Å². The Balaban J connectivity index is 1.86. The molecular weight excluding hydrogens is 378 g/mol. The van der Waals surface area contributed by atoms with Crippen LogP contribution < -0.4 is 5.32 Å². The Labute approximate surface area is 168 Å². The van der Waals surface area contributed by atoms with E-state index < -0.39 is 0 Å². The lowest BCUT2D eigenvalue weighted by molar-refractivity contribution is 0.0526. The fourth-order valence-electron chi connectivity index (χ4n) is 3.30. The highest BCUT2D eigenvalue weighted by molar-refractivity contribution is 7.99. The third-order valence-electron chi connectivity index (χ3n) is 4.65. The average molecular weight is 404 g/mol. The summed E-state index contributed by atoms with van der Waals surface area (Å²) in [4.78, 5) is 27.6. The van der Waals surface area contributed by atoms with Crippen LogP contribution in [0.2, 0.25) is 0 Å². The second kappa shape index (κ2) is 8.93. The number of nitrogens with one attached hydrogen (secondary N) is 1. The molecule has 1 aliphatic carbocycles. The molecule has 0 saturated heterocycles. The van der Waals surface area contributed by atoms with Crippen LogP contribution >= 0.6 is 23.1 Å². The van der Waals surface area contributed by atoms with E-state index in [2.05, 4.69) is 19.2 Å². The summed E-state index contributed by atoms with van der Waals surface area (Å²) in [6, 6.07) is 7.56. The first-order valence-corrected chi connectivity index (χ1v) is 11.2. The van der Waals surface area contributed by atoms with Gasteiger partial charge in [0.05, 0.1) is 12.2 Å². The molecule has 0 radical (unpaired) electrons. The molecular formula is C21H25NO3S2. The lowest BCUT2D eigenvalue weighted by atomic mass is 9.88. The Kier molecular flexibility index (Phi) is 6.60. The van der Waals surface area contributed by atoms with E-state index in [0.717, 1.165) is 35.5 Å². The fourth-order valence-corrected chi connectivity index (χ4v) is 5.36. The monoisotopic (exact) mass is 403 g/mol. The Morgan fingerprint density at radius 2 is 2.00 bits per heavy atom. The van der Waals surface area contributed by atoms with Crippen LogP contribution in [0.5, 0.6) is 0 Å². The van der Waals surface area contributed by atoms with Crippen molar-refractivity contribution < 1.29 is 14.3 Å². The number of carbonyl (C=O) groups excluding carboxylic acids is 2. The van der Waals surface area contributed by atoms with Gasteiger partial charge in [0.15, 0.2) is 0 Å². The first-order chi connectivity index (χ1) is 13.0. The number of fused-ring (bicyclic) bond motifs is 1. The highest BCUT2D eigenvalue weighted by atomic mass is 32.2. The third kappa shape index (κ3) is 4.55. The van der Waals surface area contributed by atoms with Gasteiger partial charge in [-0.05, 0) is 67.7 Å². The molecule has 144 valence electrons. The van der Waals surface area contributed by atoms with Gasteiger partial charge in [0, 0.05) is 15.3 Å². The lowest BCUT2D eigenvalue weighted by Gasteiger charge is -2.18. The number of thioether (sulfide) groups is 1. The lowest BCUT2D eigenvalue weighted by Crippen LogP contribution is -2.16. The van der Waals surface area contributed by atoms with Crippen molar-refractivity contribution in [3.63, 3.8) is 0 Å². The van der Waals surface area contributed by atoms with Gasteiger partial charge in [0.25, 0.3) is 5.91 Å². The van der Waals surface area contributed by atoms with Crippen LogP contribution in [0, 0.1) is 5.92 Å². The molecule has 1 N–H and O–H groups in total. The van der Waals surface area contributed by atoms with E-state index in [1.54, 1.807) is 18.7 Å². The third-order valence-corrected chi connectivity index (χ3v) is 6.71. The number of amides is 1. The molecule has 1 atom stereocenters. The minimum atomic E-state index is -0.338. The molecule has 0 saturated carbocycles. The predicted molar refractivity (Wildman–Crippen MR) is 112 cm³/mol. The molecule has 0 fully saturated rings. The molecule has 0 aliphatic heterocycles. The second-order valence-corrected chi connectivity index (χ2v) is 9.13. The first kappa shape index (κ1) is 20.0. The van der Waals surface area contributed by atoms with Crippen molar-refractivity contribution in [3.8, 4) is 0 Å². The molecule has 6 heteroatoms. The van der Waals surface area contributed by atoms with Crippen molar-refractivity contribution in [1.29, 1.82) is 0 Å². The zero-order valence-corrected chi connectivity index (χ0v) is 17.6. The summed E-state index contributed by atoms with van der Waals surface area (Å²) in [5, 5.41) is 3.58. The summed E-state index contributed by atoms with van der Waals surface area (Å²) in [5.74, 6) is 1.06. The number of rotatable bonds is 6. The van der Waals surface area contributed by atoms with E-state index >= 15 is 0 Å². The fraction of sp³-hybridized carbons (Fsp3) is 0.429. The van der Waals surface area contributed by atoms with Crippen molar-refractivity contribution >= 4 is 40.0 Å². The molecule has 1 aliphatic rings. The Hall–Kier alpha value is -1.79. The highest BCUT2D eigenvalue weighted by Gasteiger charge is 2.29. The normalized spacial score (nSPS) is 15.9. The molecule has 4 nitrogen and oxygen atoms in total. The summed E-state index contributed by atoms with van der Waals surface area (Å²) in [6.45, 7) is 6.44. The number of esters is 1. The predicted octanol–water partition coefficient (Wildman–Crippen LogP) is 5.41. The molecule has 1 aromatic heterocycles. The quantitative estimate of drug-likeness (QED) is 0.517. The van der Waals surface area contributed by atoms with Gasteiger partial charge in [0.1, 0.15) is 5.00 Å². The van der Waals surface area contributed by atoms with Crippen LogP contribution in [0.1, 0.15) is 58.3 Å². The molecule has 1 aromatic carbocycles. The Morgan fingerprint density at radius 1 is 1.26 bits per heavy atom. The summed E-state index contributed by atoms with van der Waals surface area (Å²) in [7, 11) is 0. The standard InChI is InChI=1S/C21H25NO3S2/c1-4-25-21(24)18-16-11-6-13(3)12-17(16)27-20(18)22-19(23)14-7-9-15(10-8-14)26-5-2/h7-10,13H,4-6,11-12H2,1-3H3,(H,22,23)/t13-/m1/s1. The zero-order chi connectivity index (χ0) is 19.4. The van der Waals surface area contributed by atoms with Crippen LogP contribution in [0.4, 0.5) is 5.00 Å². The number of thiophene rings is 1. The number of benzene rings is 1. The first-order valence-electron chi connectivity index (χ1n) is 9.39. The topological polar surface area (TPSA) is 55.4 Å². The van der Waals surface area contributed by atoms with Gasteiger partial charge in [-0.15, -0.1) is 23.1 Å². The minimum Gasteiger partial charge on any atom is -0.462 e. The van der Waals surface area contributed by atoms with Crippen LogP contribution in [0.3, 0.4) is 0 Å². The number of anilines is 1. The second-order valence-electron chi connectivity index (χ2n) is 6.69. The summed E-state index contributed by atoms with van der Waals surface area (Å²) >= 11 is 3.26. The van der Waals surface area contributed by atoms with Crippen LogP contribution in [-0.2, 0) is 17.6 Å². The maximum Gasteiger partial charge on any atom is 0.341 e. The van der Waals surface area contributed by atoms with E-state index in [-0.39, 0.29) is 11.9 Å². The van der Waals surface area contributed by atoms with Gasteiger partial charge in [-0.1, -0.05) is 13.8 Å². The maximum absolute atomic E-state index is 12.7. The van der Waals surface area contributed by atoms with E-state index in [1.165, 1.54) is 16.2 Å². The molecule has 0 unspecified atom stereocenters. The van der Waals surface area contributed by atoms with Crippen molar-refractivity contribution in [2.24, 2.45) is 5.92 Å². The molecule has 0 bridgehead atoms. The van der Waals surface area contributed by atoms with Crippen LogP contribution in [-0.4, -0.2) is 24.2 Å². The van der Waals surface area contributed by atoms with Crippen LogP contribution in [0.15, 0.2) is 29.2 Å². The van der Waals surface area contributed by atoms with Crippen molar-refractivity contribution in [3.05, 3.63) is 45.8 Å². The minimum absolute atomic E-state index is 0.194. The van der Waals surface area contributed by atoms with Crippen molar-refractivity contribution in [2.45, 2.75) is 44.9 Å².